The number of carbonyl (C=O) groups excluding carboxylic acids is 1. The van der Waals surface area contributed by atoms with Crippen molar-refractivity contribution in [3.63, 3.8) is 0 Å². The summed E-state index contributed by atoms with van der Waals surface area (Å²) in [5, 5.41) is 3.02. The largest absolute Gasteiger partial charge is 0.356 e. The molecule has 0 saturated carbocycles. The number of rotatable bonds is 8. The molecule has 1 saturated heterocycles. The number of nitrogens with two attached hydrogens (primary N) is 1. The van der Waals surface area contributed by atoms with E-state index in [-0.39, 0.29) is 5.91 Å². The molecular formula is C15H31N3O. The van der Waals surface area contributed by atoms with Crippen LogP contribution >= 0.6 is 0 Å². The third kappa shape index (κ3) is 6.39. The SMILES string of the molecule is CCC(CN)CC(=O)NCCCN1CCCCC1C. The standard InChI is InChI=1S/C15H31N3O/c1-3-14(12-16)11-15(19)17-8-6-10-18-9-5-4-7-13(18)2/h13-14H,3-12,16H2,1-2H3,(H,17,19). The first-order chi connectivity index (χ1) is 9.17. The third-order valence-electron chi connectivity index (χ3n) is 4.27. The molecule has 0 aromatic carbocycles. The van der Waals surface area contributed by atoms with Crippen molar-refractivity contribution < 1.29 is 4.79 Å². The Kier molecular flexibility index (Phi) is 8.07. The lowest BCUT2D eigenvalue weighted by atomic mass is 10.0. The molecule has 0 aromatic heterocycles. The van der Waals surface area contributed by atoms with Gasteiger partial charge in [0, 0.05) is 25.6 Å². The summed E-state index contributed by atoms with van der Waals surface area (Å²) in [6.07, 6.45) is 6.62. The molecule has 2 unspecified atom stereocenters. The van der Waals surface area contributed by atoms with Crippen LogP contribution in [0.4, 0.5) is 0 Å². The van der Waals surface area contributed by atoms with E-state index in [1.165, 1.54) is 25.8 Å². The average molecular weight is 269 g/mol. The van der Waals surface area contributed by atoms with E-state index in [1.807, 2.05) is 0 Å². The first kappa shape index (κ1) is 16.4. The summed E-state index contributed by atoms with van der Waals surface area (Å²) in [4.78, 5) is 14.3. The minimum absolute atomic E-state index is 0.156. The van der Waals surface area contributed by atoms with Crippen LogP contribution in [0.5, 0.6) is 0 Å². The Balaban J connectivity index is 2.08. The van der Waals surface area contributed by atoms with Crippen molar-refractivity contribution in [1.29, 1.82) is 0 Å². The molecule has 4 nitrogen and oxygen atoms in total. The number of carbonyl (C=O) groups is 1. The highest BCUT2D eigenvalue weighted by Gasteiger charge is 2.17. The van der Waals surface area contributed by atoms with Gasteiger partial charge in [-0.3, -0.25) is 4.79 Å². The minimum Gasteiger partial charge on any atom is -0.356 e. The summed E-state index contributed by atoms with van der Waals surface area (Å²) in [6, 6.07) is 0.714. The number of nitrogens with zero attached hydrogens (tertiary/aromatic N) is 1. The molecule has 0 spiro atoms. The van der Waals surface area contributed by atoms with Crippen LogP contribution in [0.2, 0.25) is 0 Å². The molecular weight excluding hydrogens is 238 g/mol. The maximum Gasteiger partial charge on any atom is 0.220 e. The molecule has 1 aliphatic heterocycles. The molecule has 1 aliphatic rings. The predicted octanol–water partition coefficient (Wildman–Crippen LogP) is 1.74. The lowest BCUT2D eigenvalue weighted by Gasteiger charge is -2.33. The van der Waals surface area contributed by atoms with E-state index in [2.05, 4.69) is 24.1 Å². The van der Waals surface area contributed by atoms with E-state index in [0.29, 0.717) is 24.9 Å². The Labute approximate surface area is 118 Å². The van der Waals surface area contributed by atoms with Gasteiger partial charge in [0.2, 0.25) is 5.91 Å². The second kappa shape index (κ2) is 9.32. The van der Waals surface area contributed by atoms with E-state index < -0.39 is 0 Å². The summed E-state index contributed by atoms with van der Waals surface area (Å²) in [7, 11) is 0. The summed E-state index contributed by atoms with van der Waals surface area (Å²) < 4.78 is 0. The Morgan fingerprint density at radius 2 is 2.26 bits per heavy atom. The molecule has 1 fully saturated rings. The Morgan fingerprint density at radius 1 is 1.47 bits per heavy atom. The van der Waals surface area contributed by atoms with Crippen LogP contribution in [-0.4, -0.2) is 43.0 Å². The van der Waals surface area contributed by atoms with Crippen LogP contribution in [0.3, 0.4) is 0 Å². The Hall–Kier alpha value is -0.610. The predicted molar refractivity (Wildman–Crippen MR) is 80.0 cm³/mol. The monoisotopic (exact) mass is 269 g/mol. The van der Waals surface area contributed by atoms with E-state index >= 15 is 0 Å². The van der Waals surface area contributed by atoms with Gasteiger partial charge in [0.05, 0.1) is 0 Å². The van der Waals surface area contributed by atoms with E-state index in [1.54, 1.807) is 0 Å². The lowest BCUT2D eigenvalue weighted by Crippen LogP contribution is -2.39. The zero-order chi connectivity index (χ0) is 14.1. The lowest BCUT2D eigenvalue weighted by molar-refractivity contribution is -0.122. The fourth-order valence-electron chi connectivity index (χ4n) is 2.73. The number of piperidine rings is 1. The maximum absolute atomic E-state index is 11.7. The van der Waals surface area contributed by atoms with E-state index in [9.17, 15) is 4.79 Å². The van der Waals surface area contributed by atoms with Crippen LogP contribution in [0.1, 0.15) is 52.4 Å². The second-order valence-electron chi connectivity index (χ2n) is 5.80. The fourth-order valence-corrected chi connectivity index (χ4v) is 2.73. The van der Waals surface area contributed by atoms with Crippen LogP contribution < -0.4 is 11.1 Å². The number of likely N-dealkylation sites (tertiary alicyclic amines) is 1. The zero-order valence-electron chi connectivity index (χ0n) is 12.7. The molecule has 0 aliphatic carbocycles. The van der Waals surface area contributed by atoms with Crippen molar-refractivity contribution in [3.8, 4) is 0 Å². The van der Waals surface area contributed by atoms with Gasteiger partial charge in [0.1, 0.15) is 0 Å². The van der Waals surface area contributed by atoms with Crippen molar-refractivity contribution in [2.24, 2.45) is 11.7 Å². The minimum atomic E-state index is 0.156. The molecule has 1 rings (SSSR count). The van der Waals surface area contributed by atoms with Crippen molar-refractivity contribution in [1.82, 2.24) is 10.2 Å². The quantitative estimate of drug-likeness (QED) is 0.660. The van der Waals surface area contributed by atoms with Gasteiger partial charge in [-0.15, -0.1) is 0 Å². The molecule has 0 aromatic rings. The smallest absolute Gasteiger partial charge is 0.220 e. The van der Waals surface area contributed by atoms with Crippen molar-refractivity contribution in [2.75, 3.05) is 26.2 Å². The molecule has 0 radical (unpaired) electrons. The Morgan fingerprint density at radius 3 is 2.89 bits per heavy atom. The first-order valence-corrected chi connectivity index (χ1v) is 7.88. The molecule has 1 amide bonds. The summed E-state index contributed by atoms with van der Waals surface area (Å²) in [5.74, 6) is 0.492. The van der Waals surface area contributed by atoms with Crippen LogP contribution in [0.15, 0.2) is 0 Å². The van der Waals surface area contributed by atoms with Gasteiger partial charge in [-0.2, -0.15) is 0 Å². The van der Waals surface area contributed by atoms with Gasteiger partial charge in [-0.25, -0.2) is 0 Å². The molecule has 2 atom stereocenters. The molecule has 1 heterocycles. The zero-order valence-corrected chi connectivity index (χ0v) is 12.7. The van der Waals surface area contributed by atoms with Gasteiger partial charge in [0.25, 0.3) is 0 Å². The molecule has 3 N–H and O–H groups in total. The summed E-state index contributed by atoms with van der Waals surface area (Å²) in [5.41, 5.74) is 5.61. The highest BCUT2D eigenvalue weighted by molar-refractivity contribution is 5.76. The van der Waals surface area contributed by atoms with E-state index in [4.69, 9.17) is 5.73 Å². The Bertz CT molecular complexity index is 254. The third-order valence-corrected chi connectivity index (χ3v) is 4.27. The maximum atomic E-state index is 11.7. The summed E-state index contributed by atoms with van der Waals surface area (Å²) >= 11 is 0. The molecule has 112 valence electrons. The number of nitrogens with one attached hydrogen (secondary N) is 1. The van der Waals surface area contributed by atoms with Crippen LogP contribution in [-0.2, 0) is 4.79 Å². The van der Waals surface area contributed by atoms with Gasteiger partial charge >= 0.3 is 0 Å². The normalized spacial score (nSPS) is 22.2. The number of hydrogen-bond donors (Lipinski definition) is 2. The van der Waals surface area contributed by atoms with Gasteiger partial charge in [-0.1, -0.05) is 19.8 Å². The molecule has 0 bridgehead atoms. The highest BCUT2D eigenvalue weighted by atomic mass is 16.1. The number of hydrogen-bond acceptors (Lipinski definition) is 3. The van der Waals surface area contributed by atoms with Crippen molar-refractivity contribution in [3.05, 3.63) is 0 Å². The average Bonchev–Trinajstić information content (AvgIpc) is 2.42. The second-order valence-corrected chi connectivity index (χ2v) is 5.80. The van der Waals surface area contributed by atoms with Gasteiger partial charge in [-0.05, 0) is 45.2 Å². The molecule has 19 heavy (non-hydrogen) atoms. The number of amides is 1. The topological polar surface area (TPSA) is 58.4 Å². The van der Waals surface area contributed by atoms with Crippen molar-refractivity contribution >= 4 is 5.91 Å². The van der Waals surface area contributed by atoms with E-state index in [0.717, 1.165) is 25.9 Å². The fraction of sp³-hybridized carbons (Fsp3) is 0.933. The van der Waals surface area contributed by atoms with Crippen LogP contribution in [0, 0.1) is 5.92 Å². The summed E-state index contributed by atoms with van der Waals surface area (Å²) in [6.45, 7) is 8.13. The van der Waals surface area contributed by atoms with Gasteiger partial charge in [0.15, 0.2) is 0 Å². The van der Waals surface area contributed by atoms with Gasteiger partial charge < -0.3 is 16.0 Å². The molecule has 4 heteroatoms. The van der Waals surface area contributed by atoms with Crippen molar-refractivity contribution in [2.45, 2.75) is 58.4 Å². The first-order valence-electron chi connectivity index (χ1n) is 7.88. The highest BCUT2D eigenvalue weighted by Crippen LogP contribution is 2.16. The van der Waals surface area contributed by atoms with Crippen LogP contribution in [0.25, 0.3) is 0 Å².